The molecule has 1 fully saturated rings. The van der Waals surface area contributed by atoms with Gasteiger partial charge < -0.3 is 10.1 Å². The predicted molar refractivity (Wildman–Crippen MR) is 94.2 cm³/mol. The normalized spacial score (nSPS) is 14.4. The van der Waals surface area contributed by atoms with Crippen molar-refractivity contribution in [3.63, 3.8) is 0 Å². The maximum absolute atomic E-state index is 12.6. The summed E-state index contributed by atoms with van der Waals surface area (Å²) >= 11 is 1.22. The van der Waals surface area contributed by atoms with Crippen molar-refractivity contribution in [2.24, 2.45) is 0 Å². The number of hydrogen-bond acceptors (Lipinski definition) is 6. The lowest BCUT2D eigenvalue weighted by atomic mass is 10.2. The van der Waals surface area contributed by atoms with Crippen molar-refractivity contribution in [3.05, 3.63) is 29.4 Å². The van der Waals surface area contributed by atoms with Gasteiger partial charge in [0.15, 0.2) is 0 Å². The molecule has 0 saturated heterocycles. The van der Waals surface area contributed by atoms with E-state index >= 15 is 0 Å². The van der Waals surface area contributed by atoms with E-state index in [0.717, 1.165) is 18.4 Å². The van der Waals surface area contributed by atoms with E-state index in [1.807, 2.05) is 6.07 Å². The summed E-state index contributed by atoms with van der Waals surface area (Å²) in [5, 5.41) is 8.50. The highest BCUT2D eigenvalue weighted by molar-refractivity contribution is 7.94. The number of sulfonamides is 1. The van der Waals surface area contributed by atoms with Crippen molar-refractivity contribution in [1.82, 2.24) is 15.1 Å². The Labute approximate surface area is 150 Å². The molecule has 25 heavy (non-hydrogen) atoms. The third-order valence-corrected chi connectivity index (χ3v) is 6.64. The molecule has 2 heterocycles. The molecule has 10 heteroatoms. The number of carbonyl (C=O) groups excluding carboxylic acids is 1. The number of thiophene rings is 1. The van der Waals surface area contributed by atoms with E-state index in [4.69, 9.17) is 4.74 Å². The fourth-order valence-electron chi connectivity index (χ4n) is 2.42. The van der Waals surface area contributed by atoms with Gasteiger partial charge in [0, 0.05) is 19.9 Å². The zero-order valence-electron chi connectivity index (χ0n) is 13.8. The molecule has 0 radical (unpaired) electrons. The first-order chi connectivity index (χ1) is 12.0. The zero-order valence-corrected chi connectivity index (χ0v) is 15.4. The smallest absolute Gasteiger partial charge is 0.271 e. The van der Waals surface area contributed by atoms with Crippen LogP contribution < -0.4 is 10.0 Å². The fourth-order valence-corrected chi connectivity index (χ4v) is 4.98. The minimum absolute atomic E-state index is 0.0117. The highest BCUT2D eigenvalue weighted by Gasteiger charge is 2.31. The summed E-state index contributed by atoms with van der Waals surface area (Å²) in [7, 11) is -2.08. The average molecular weight is 384 g/mol. The Hall–Kier alpha value is -1.91. The zero-order chi connectivity index (χ0) is 17.9. The number of anilines is 1. The lowest BCUT2D eigenvalue weighted by Gasteiger charge is -2.06. The largest absolute Gasteiger partial charge is 0.383 e. The molecule has 8 nitrogen and oxygen atoms in total. The summed E-state index contributed by atoms with van der Waals surface area (Å²) in [5.74, 6) is 0.139. The van der Waals surface area contributed by atoms with Gasteiger partial charge in [0.25, 0.3) is 10.0 Å². The summed E-state index contributed by atoms with van der Waals surface area (Å²) in [6.07, 6.45) is 4.97. The van der Waals surface area contributed by atoms with Gasteiger partial charge in [0.1, 0.15) is 10.8 Å². The number of hydrogen-bond donors (Lipinski definition) is 2. The summed E-state index contributed by atoms with van der Waals surface area (Å²) < 4.78 is 34.3. The van der Waals surface area contributed by atoms with Gasteiger partial charge in [-0.1, -0.05) is 0 Å². The first-order valence-electron chi connectivity index (χ1n) is 7.88. The standard InChI is InChI=1S/C15H20N4O4S2/c1-23-6-5-16-14(20)10-19-9-12(8-17-19)18-25(21,22)15-13(4-7-24-15)11-2-3-11/h4,7-9,11,18H,2-3,5-6,10H2,1H3,(H,16,20). The molecule has 1 amide bonds. The lowest BCUT2D eigenvalue weighted by molar-refractivity contribution is -0.122. The quantitative estimate of drug-likeness (QED) is 0.636. The Morgan fingerprint density at radius 2 is 2.28 bits per heavy atom. The number of amides is 1. The molecule has 1 saturated carbocycles. The topological polar surface area (TPSA) is 102 Å². The third kappa shape index (κ3) is 4.59. The van der Waals surface area contributed by atoms with Crippen molar-refractivity contribution in [1.29, 1.82) is 0 Å². The molecule has 0 bridgehead atoms. The fraction of sp³-hybridized carbons (Fsp3) is 0.467. The van der Waals surface area contributed by atoms with Crippen LogP contribution in [-0.2, 0) is 26.1 Å². The maximum Gasteiger partial charge on any atom is 0.271 e. The van der Waals surface area contributed by atoms with E-state index in [2.05, 4.69) is 15.1 Å². The van der Waals surface area contributed by atoms with Crippen LogP contribution in [0.1, 0.15) is 24.3 Å². The minimum atomic E-state index is -3.64. The highest BCUT2D eigenvalue weighted by atomic mass is 32.2. The predicted octanol–water partition coefficient (Wildman–Crippen LogP) is 1.39. The van der Waals surface area contributed by atoms with E-state index in [1.54, 1.807) is 12.5 Å². The monoisotopic (exact) mass is 384 g/mol. The molecular weight excluding hydrogens is 364 g/mol. The molecule has 0 atom stereocenters. The van der Waals surface area contributed by atoms with Gasteiger partial charge in [-0.15, -0.1) is 11.3 Å². The third-order valence-electron chi connectivity index (χ3n) is 3.74. The summed E-state index contributed by atoms with van der Waals surface area (Å²) in [6.45, 7) is 0.857. The van der Waals surface area contributed by atoms with Crippen LogP contribution in [0, 0.1) is 0 Å². The Kier molecular flexibility index (Phi) is 5.40. The van der Waals surface area contributed by atoms with E-state index in [0.29, 0.717) is 29.0 Å². The Morgan fingerprint density at radius 1 is 1.48 bits per heavy atom. The molecule has 2 aromatic heterocycles. The Balaban J connectivity index is 1.62. The number of nitrogens with zero attached hydrogens (tertiary/aromatic N) is 2. The van der Waals surface area contributed by atoms with Crippen LogP contribution in [-0.4, -0.2) is 44.4 Å². The first-order valence-corrected chi connectivity index (χ1v) is 10.2. The second-order valence-electron chi connectivity index (χ2n) is 5.81. The van der Waals surface area contributed by atoms with Crippen molar-refractivity contribution in [3.8, 4) is 0 Å². The van der Waals surface area contributed by atoms with Crippen molar-refractivity contribution < 1.29 is 17.9 Å². The first kappa shape index (κ1) is 17.9. The molecule has 0 spiro atoms. The van der Waals surface area contributed by atoms with Crippen LogP contribution in [0.25, 0.3) is 0 Å². The second-order valence-corrected chi connectivity index (χ2v) is 8.61. The van der Waals surface area contributed by atoms with Crippen molar-refractivity contribution >= 4 is 33.0 Å². The molecule has 3 rings (SSSR count). The van der Waals surface area contributed by atoms with Crippen molar-refractivity contribution in [2.45, 2.75) is 29.5 Å². The highest BCUT2D eigenvalue weighted by Crippen LogP contribution is 2.44. The minimum Gasteiger partial charge on any atom is -0.383 e. The summed E-state index contributed by atoms with van der Waals surface area (Å²) in [5.41, 5.74) is 1.22. The van der Waals surface area contributed by atoms with Gasteiger partial charge in [-0.25, -0.2) is 8.42 Å². The van der Waals surface area contributed by atoms with Gasteiger partial charge >= 0.3 is 0 Å². The number of methoxy groups -OCH3 is 1. The van der Waals surface area contributed by atoms with E-state index in [-0.39, 0.29) is 12.5 Å². The van der Waals surface area contributed by atoms with E-state index < -0.39 is 10.0 Å². The van der Waals surface area contributed by atoms with E-state index in [9.17, 15) is 13.2 Å². The Bertz CT molecular complexity index is 839. The number of nitrogens with one attached hydrogen (secondary N) is 2. The van der Waals surface area contributed by atoms with Gasteiger partial charge in [0.2, 0.25) is 5.91 Å². The van der Waals surface area contributed by atoms with Crippen LogP contribution in [0.2, 0.25) is 0 Å². The van der Waals surface area contributed by atoms with Crippen LogP contribution >= 0.6 is 11.3 Å². The van der Waals surface area contributed by atoms with Crippen LogP contribution in [0.3, 0.4) is 0 Å². The van der Waals surface area contributed by atoms with Crippen LogP contribution in [0.4, 0.5) is 5.69 Å². The molecule has 0 aliphatic heterocycles. The lowest BCUT2D eigenvalue weighted by Crippen LogP contribution is -2.30. The summed E-state index contributed by atoms with van der Waals surface area (Å²) in [6, 6.07) is 1.88. The summed E-state index contributed by atoms with van der Waals surface area (Å²) in [4.78, 5) is 11.7. The molecular formula is C15H20N4O4S2. The van der Waals surface area contributed by atoms with Crippen LogP contribution in [0.5, 0.6) is 0 Å². The maximum atomic E-state index is 12.6. The number of carbonyl (C=O) groups is 1. The van der Waals surface area contributed by atoms with Gasteiger partial charge in [-0.05, 0) is 35.8 Å². The van der Waals surface area contributed by atoms with Crippen molar-refractivity contribution in [2.75, 3.05) is 25.0 Å². The molecule has 2 N–H and O–H groups in total. The molecule has 0 unspecified atom stereocenters. The molecule has 136 valence electrons. The number of rotatable bonds is 9. The molecule has 1 aliphatic carbocycles. The SMILES string of the molecule is COCCNC(=O)Cn1cc(NS(=O)(=O)c2sccc2C2CC2)cn1. The molecule has 0 aromatic carbocycles. The Morgan fingerprint density at radius 3 is 3.00 bits per heavy atom. The number of ether oxygens (including phenoxy) is 1. The molecule has 2 aromatic rings. The van der Waals surface area contributed by atoms with Crippen LogP contribution in [0.15, 0.2) is 28.0 Å². The van der Waals surface area contributed by atoms with Gasteiger partial charge in [-0.2, -0.15) is 5.10 Å². The van der Waals surface area contributed by atoms with Gasteiger partial charge in [-0.3, -0.25) is 14.2 Å². The molecule has 1 aliphatic rings. The average Bonchev–Trinajstić information content (AvgIpc) is 3.11. The second kappa shape index (κ2) is 7.54. The number of aromatic nitrogens is 2. The van der Waals surface area contributed by atoms with E-state index in [1.165, 1.54) is 28.4 Å². The van der Waals surface area contributed by atoms with Gasteiger partial charge in [0.05, 0.1) is 18.5 Å².